The summed E-state index contributed by atoms with van der Waals surface area (Å²) in [5, 5.41) is 1.15. The molecule has 1 aliphatic heterocycles. The number of aromatic nitrogens is 1. The average molecular weight is 336 g/mol. The summed E-state index contributed by atoms with van der Waals surface area (Å²) in [6, 6.07) is 10.3. The number of pyridine rings is 1. The second-order valence-electron chi connectivity index (χ2n) is 5.35. The molecule has 1 aromatic heterocycles. The van der Waals surface area contributed by atoms with Crippen LogP contribution in [-0.2, 0) is 4.84 Å². The van der Waals surface area contributed by atoms with Gasteiger partial charge >= 0.3 is 5.97 Å². The van der Waals surface area contributed by atoms with E-state index in [9.17, 15) is 18.8 Å². The molecular weight excluding hydrogens is 327 g/mol. The maximum absolute atomic E-state index is 14.2. The zero-order valence-electron chi connectivity index (χ0n) is 12.6. The Morgan fingerprint density at radius 3 is 2.36 bits per heavy atom. The van der Waals surface area contributed by atoms with E-state index < -0.39 is 23.6 Å². The van der Waals surface area contributed by atoms with Crippen LogP contribution in [-0.4, -0.2) is 27.8 Å². The predicted octanol–water partition coefficient (Wildman–Crippen LogP) is 2.74. The van der Waals surface area contributed by atoms with E-state index in [0.717, 1.165) is 6.07 Å². The van der Waals surface area contributed by atoms with Crippen LogP contribution in [0.15, 0.2) is 54.9 Å². The minimum Gasteiger partial charge on any atom is -0.324 e. The van der Waals surface area contributed by atoms with Gasteiger partial charge in [0.25, 0.3) is 11.8 Å². The summed E-state index contributed by atoms with van der Waals surface area (Å²) in [5.41, 5.74) is -0.136. The van der Waals surface area contributed by atoms with Crippen LogP contribution >= 0.6 is 0 Å². The van der Waals surface area contributed by atoms with Gasteiger partial charge in [-0.15, -0.1) is 0 Å². The molecule has 0 bridgehead atoms. The van der Waals surface area contributed by atoms with Gasteiger partial charge in [-0.3, -0.25) is 14.6 Å². The number of carbonyl (C=O) groups excluding carboxylic acids is 3. The number of carbonyl (C=O) groups is 3. The Morgan fingerprint density at radius 1 is 1.00 bits per heavy atom. The number of hydrogen-bond acceptors (Lipinski definition) is 5. The first-order chi connectivity index (χ1) is 12.1. The highest BCUT2D eigenvalue weighted by molar-refractivity contribution is 6.21. The van der Waals surface area contributed by atoms with Gasteiger partial charge < -0.3 is 4.84 Å². The Labute approximate surface area is 140 Å². The Hall–Kier alpha value is -3.61. The van der Waals surface area contributed by atoms with Crippen molar-refractivity contribution in [3.05, 3.63) is 77.4 Å². The molecule has 0 N–H and O–H groups in total. The topological polar surface area (TPSA) is 76.6 Å². The van der Waals surface area contributed by atoms with E-state index in [0.29, 0.717) is 10.4 Å². The number of benzene rings is 2. The highest BCUT2D eigenvalue weighted by atomic mass is 19.1. The molecule has 0 saturated heterocycles. The molecule has 2 amide bonds. The summed E-state index contributed by atoms with van der Waals surface area (Å²) in [6.07, 6.45) is 2.82. The fraction of sp³-hybridized carbons (Fsp3) is 0. The van der Waals surface area contributed by atoms with Crippen molar-refractivity contribution >= 4 is 28.6 Å². The molecule has 0 unspecified atom stereocenters. The monoisotopic (exact) mass is 336 g/mol. The highest BCUT2D eigenvalue weighted by Gasteiger charge is 2.39. The highest BCUT2D eigenvalue weighted by Crippen LogP contribution is 2.26. The maximum Gasteiger partial charge on any atom is 0.367 e. The molecule has 0 saturated carbocycles. The van der Waals surface area contributed by atoms with Gasteiger partial charge in [0.15, 0.2) is 0 Å². The Kier molecular flexibility index (Phi) is 3.28. The second kappa shape index (κ2) is 5.48. The second-order valence-corrected chi connectivity index (χ2v) is 5.35. The number of hydroxylamine groups is 2. The molecule has 4 rings (SSSR count). The third kappa shape index (κ3) is 2.25. The number of imide groups is 1. The molecule has 2 heterocycles. The van der Waals surface area contributed by atoms with Crippen LogP contribution in [0, 0.1) is 5.82 Å². The minimum atomic E-state index is -1.15. The molecule has 6 nitrogen and oxygen atoms in total. The van der Waals surface area contributed by atoms with Crippen molar-refractivity contribution in [1.29, 1.82) is 0 Å². The van der Waals surface area contributed by atoms with E-state index in [1.54, 1.807) is 18.2 Å². The number of nitrogens with zero attached hydrogens (tertiary/aromatic N) is 2. The molecular formula is C18H9FN2O4. The van der Waals surface area contributed by atoms with Crippen molar-refractivity contribution < 1.29 is 23.6 Å². The van der Waals surface area contributed by atoms with Gasteiger partial charge in [0.1, 0.15) is 11.4 Å². The molecule has 0 atom stereocenters. The van der Waals surface area contributed by atoms with Crippen LogP contribution in [0.1, 0.15) is 31.1 Å². The van der Waals surface area contributed by atoms with Crippen LogP contribution < -0.4 is 0 Å². The van der Waals surface area contributed by atoms with E-state index in [2.05, 4.69) is 4.98 Å². The first-order valence-corrected chi connectivity index (χ1v) is 7.30. The van der Waals surface area contributed by atoms with Gasteiger partial charge in [0, 0.05) is 17.8 Å². The average Bonchev–Trinajstić information content (AvgIpc) is 2.87. The lowest BCUT2D eigenvalue weighted by atomic mass is 10.1. The largest absolute Gasteiger partial charge is 0.367 e. The number of hydrogen-bond donors (Lipinski definition) is 0. The number of fused-ring (bicyclic) bond motifs is 2. The summed E-state index contributed by atoms with van der Waals surface area (Å²) >= 11 is 0. The van der Waals surface area contributed by atoms with Crippen molar-refractivity contribution in [3.8, 4) is 0 Å². The van der Waals surface area contributed by atoms with Gasteiger partial charge in [-0.25, -0.2) is 9.18 Å². The van der Waals surface area contributed by atoms with Crippen molar-refractivity contribution in [2.45, 2.75) is 0 Å². The summed E-state index contributed by atoms with van der Waals surface area (Å²) in [4.78, 5) is 45.7. The normalized spacial score (nSPS) is 13.2. The van der Waals surface area contributed by atoms with Crippen molar-refractivity contribution in [2.24, 2.45) is 0 Å². The van der Waals surface area contributed by atoms with E-state index in [4.69, 9.17) is 4.84 Å². The van der Waals surface area contributed by atoms with E-state index in [1.165, 1.54) is 30.6 Å². The van der Waals surface area contributed by atoms with Crippen LogP contribution in [0.25, 0.3) is 10.8 Å². The van der Waals surface area contributed by atoms with Crippen LogP contribution in [0.3, 0.4) is 0 Å². The van der Waals surface area contributed by atoms with E-state index >= 15 is 0 Å². The molecule has 0 spiro atoms. The zero-order valence-corrected chi connectivity index (χ0v) is 12.6. The molecule has 0 aliphatic carbocycles. The molecule has 7 heteroatoms. The molecule has 25 heavy (non-hydrogen) atoms. The summed E-state index contributed by atoms with van der Waals surface area (Å²) < 4.78 is 14.2. The number of amides is 2. The molecule has 3 aromatic rings. The molecule has 0 radical (unpaired) electrons. The van der Waals surface area contributed by atoms with Crippen LogP contribution in [0.2, 0.25) is 0 Å². The fourth-order valence-electron chi connectivity index (χ4n) is 2.72. The standard InChI is InChI=1S/C18H9FN2O4/c19-14-6-5-10-7-8-20-9-13(10)15(14)18(24)25-21-16(22)11-3-1-2-4-12(11)17(21)23/h1-9H. The lowest BCUT2D eigenvalue weighted by Crippen LogP contribution is -2.33. The number of rotatable bonds is 2. The van der Waals surface area contributed by atoms with Crippen molar-refractivity contribution in [3.63, 3.8) is 0 Å². The first-order valence-electron chi connectivity index (χ1n) is 7.30. The first kappa shape index (κ1) is 14.9. The Bertz CT molecular complexity index is 1030. The number of halogens is 1. The lowest BCUT2D eigenvalue weighted by Gasteiger charge is -2.14. The van der Waals surface area contributed by atoms with Gasteiger partial charge in [0.05, 0.1) is 11.1 Å². The van der Waals surface area contributed by atoms with Gasteiger partial charge in [-0.1, -0.05) is 23.3 Å². The van der Waals surface area contributed by atoms with E-state index in [1.807, 2.05) is 0 Å². The quantitative estimate of drug-likeness (QED) is 0.673. The summed E-state index contributed by atoms with van der Waals surface area (Å²) in [7, 11) is 0. The molecule has 2 aromatic carbocycles. The van der Waals surface area contributed by atoms with Crippen molar-refractivity contribution in [2.75, 3.05) is 0 Å². The van der Waals surface area contributed by atoms with Gasteiger partial charge in [-0.2, -0.15) is 0 Å². The predicted molar refractivity (Wildman–Crippen MR) is 84.1 cm³/mol. The third-order valence-corrected chi connectivity index (χ3v) is 3.91. The van der Waals surface area contributed by atoms with Crippen molar-refractivity contribution in [1.82, 2.24) is 10.0 Å². The molecule has 122 valence electrons. The summed E-state index contributed by atoms with van der Waals surface area (Å²) in [5.74, 6) is -3.52. The van der Waals surface area contributed by atoms with Crippen LogP contribution in [0.5, 0.6) is 0 Å². The van der Waals surface area contributed by atoms with Gasteiger partial charge in [-0.05, 0) is 29.7 Å². The van der Waals surface area contributed by atoms with Crippen LogP contribution in [0.4, 0.5) is 4.39 Å². The zero-order chi connectivity index (χ0) is 17.6. The summed E-state index contributed by atoms with van der Waals surface area (Å²) in [6.45, 7) is 0. The fourth-order valence-corrected chi connectivity index (χ4v) is 2.72. The SMILES string of the molecule is O=C(ON1C(=O)c2ccccc2C1=O)c1c(F)ccc2ccncc12. The Balaban J connectivity index is 1.72. The molecule has 1 aliphatic rings. The smallest absolute Gasteiger partial charge is 0.324 e. The minimum absolute atomic E-state index is 0.125. The molecule has 0 fully saturated rings. The van der Waals surface area contributed by atoms with E-state index in [-0.39, 0.29) is 22.1 Å². The third-order valence-electron chi connectivity index (χ3n) is 3.91. The maximum atomic E-state index is 14.2. The Morgan fingerprint density at radius 2 is 1.68 bits per heavy atom. The lowest BCUT2D eigenvalue weighted by molar-refractivity contribution is -0.0586. The van der Waals surface area contributed by atoms with Gasteiger partial charge in [0.2, 0.25) is 0 Å².